The monoisotopic (exact) mass is 450 g/mol. The van der Waals surface area contributed by atoms with Crippen LogP contribution in [0.5, 0.6) is 0 Å². The number of hydrogen-bond donors (Lipinski definition) is 0. The maximum atomic E-state index is 3.40. The molecule has 2 aromatic rings. The second-order valence-electron chi connectivity index (χ2n) is 10.7. The highest BCUT2D eigenvalue weighted by Crippen LogP contribution is 2.43. The average molecular weight is 451 g/mol. The van der Waals surface area contributed by atoms with E-state index in [9.17, 15) is 0 Å². The summed E-state index contributed by atoms with van der Waals surface area (Å²) in [5.41, 5.74) is 5.55. The molecule has 0 bridgehead atoms. The van der Waals surface area contributed by atoms with E-state index in [0.29, 0.717) is 5.41 Å². The highest BCUT2D eigenvalue weighted by Gasteiger charge is 2.33. The summed E-state index contributed by atoms with van der Waals surface area (Å²) in [6.45, 7) is 4.27. The van der Waals surface area contributed by atoms with Crippen molar-refractivity contribution in [2.75, 3.05) is 0 Å². The van der Waals surface area contributed by atoms with Crippen LogP contribution in [0.15, 0.2) is 48.5 Å². The number of rotatable bonds is 6. The molecule has 2 aromatic carbocycles. The van der Waals surface area contributed by atoms with Crippen molar-refractivity contribution in [2.45, 2.75) is 109 Å². The maximum Gasteiger partial charge on any atom is 0.0249 e. The Labute approximate surface area is 209 Å². The van der Waals surface area contributed by atoms with Crippen molar-refractivity contribution in [3.8, 4) is 23.7 Å². The summed E-state index contributed by atoms with van der Waals surface area (Å²) in [6.07, 6.45) is 17.1. The molecule has 0 atom stereocenters. The topological polar surface area (TPSA) is 0 Å². The van der Waals surface area contributed by atoms with Gasteiger partial charge in [-0.25, -0.2) is 0 Å². The van der Waals surface area contributed by atoms with Crippen LogP contribution in [-0.4, -0.2) is 0 Å². The maximum absolute atomic E-state index is 3.40. The van der Waals surface area contributed by atoms with Crippen molar-refractivity contribution in [2.24, 2.45) is 5.92 Å². The van der Waals surface area contributed by atoms with E-state index in [0.717, 1.165) is 29.4 Å². The van der Waals surface area contributed by atoms with E-state index in [1.165, 1.54) is 88.2 Å². The molecule has 0 aliphatic heterocycles. The first-order valence-corrected chi connectivity index (χ1v) is 13.8. The lowest BCUT2D eigenvalue weighted by Gasteiger charge is -2.37. The molecule has 0 radical (unpaired) electrons. The fourth-order valence-electron chi connectivity index (χ4n) is 6.42. The number of hydrogen-bond acceptors (Lipinski definition) is 0. The van der Waals surface area contributed by atoms with Crippen LogP contribution in [-0.2, 0) is 5.41 Å². The third-order valence-electron chi connectivity index (χ3n) is 8.49. The predicted octanol–water partition coefficient (Wildman–Crippen LogP) is 9.17. The molecule has 0 heterocycles. The van der Waals surface area contributed by atoms with Crippen molar-refractivity contribution in [3.05, 3.63) is 70.8 Å². The average Bonchev–Trinajstić information content (AvgIpc) is 2.89. The molecular weight excluding hydrogens is 408 g/mol. The Bertz CT molecular complexity index is 1000. The van der Waals surface area contributed by atoms with E-state index >= 15 is 0 Å². The third kappa shape index (κ3) is 6.36. The minimum atomic E-state index is 0.319. The molecule has 0 amide bonds. The van der Waals surface area contributed by atoms with Crippen molar-refractivity contribution < 1.29 is 0 Å². The highest BCUT2D eigenvalue weighted by molar-refractivity contribution is 5.45. The van der Waals surface area contributed by atoms with Crippen molar-refractivity contribution in [1.29, 1.82) is 0 Å². The van der Waals surface area contributed by atoms with Crippen LogP contribution in [0, 0.1) is 29.6 Å². The Morgan fingerprint density at radius 2 is 1.41 bits per heavy atom. The van der Waals surface area contributed by atoms with Gasteiger partial charge in [-0.2, -0.15) is 0 Å². The van der Waals surface area contributed by atoms with Gasteiger partial charge in [0, 0.05) is 17.5 Å². The van der Waals surface area contributed by atoms with Crippen molar-refractivity contribution in [1.82, 2.24) is 0 Å². The summed E-state index contributed by atoms with van der Waals surface area (Å²) in [6, 6.07) is 18.2. The quantitative estimate of drug-likeness (QED) is 0.385. The minimum absolute atomic E-state index is 0.319. The van der Waals surface area contributed by atoms with E-state index in [1.807, 2.05) is 6.92 Å². The van der Waals surface area contributed by atoms with Gasteiger partial charge in [0.2, 0.25) is 0 Å². The molecule has 2 aliphatic carbocycles. The van der Waals surface area contributed by atoms with Gasteiger partial charge in [0.05, 0.1) is 0 Å². The van der Waals surface area contributed by atoms with Gasteiger partial charge >= 0.3 is 0 Å². The zero-order chi connectivity index (χ0) is 23.6. The van der Waals surface area contributed by atoms with Crippen LogP contribution in [0.3, 0.4) is 0 Å². The van der Waals surface area contributed by atoms with E-state index in [-0.39, 0.29) is 0 Å². The van der Waals surface area contributed by atoms with E-state index < -0.39 is 0 Å². The Morgan fingerprint density at radius 3 is 2.00 bits per heavy atom. The first-order valence-electron chi connectivity index (χ1n) is 13.8. The molecule has 2 saturated carbocycles. The van der Waals surface area contributed by atoms with E-state index in [1.54, 1.807) is 0 Å². The SMILES string of the molecule is CC#CCCC1(c2ccc(C#Cc3ccc(C4CCC(CCC)CC4)cc3)cc2)CCCCC1. The van der Waals surface area contributed by atoms with Crippen LogP contribution in [0.2, 0.25) is 0 Å². The van der Waals surface area contributed by atoms with Crippen LogP contribution in [0.1, 0.15) is 125 Å². The zero-order valence-electron chi connectivity index (χ0n) is 21.5. The Kier molecular flexibility index (Phi) is 8.94. The summed E-state index contributed by atoms with van der Waals surface area (Å²) in [5.74, 6) is 14.9. The Hall–Kier alpha value is -2.44. The van der Waals surface area contributed by atoms with Crippen molar-refractivity contribution in [3.63, 3.8) is 0 Å². The van der Waals surface area contributed by atoms with Gasteiger partial charge in [-0.3, -0.25) is 0 Å². The van der Waals surface area contributed by atoms with Crippen LogP contribution >= 0.6 is 0 Å². The highest BCUT2D eigenvalue weighted by atomic mass is 14.4. The second kappa shape index (κ2) is 12.3. The van der Waals surface area contributed by atoms with E-state index in [4.69, 9.17) is 0 Å². The molecule has 0 N–H and O–H groups in total. The molecular formula is C34H42. The first-order chi connectivity index (χ1) is 16.7. The van der Waals surface area contributed by atoms with Crippen LogP contribution < -0.4 is 0 Å². The molecule has 0 aromatic heterocycles. The normalized spacial score (nSPS) is 21.6. The number of benzene rings is 2. The Balaban J connectivity index is 1.39. The van der Waals surface area contributed by atoms with E-state index in [2.05, 4.69) is 79.1 Å². The lowest BCUT2D eigenvalue weighted by molar-refractivity contribution is 0.276. The lowest BCUT2D eigenvalue weighted by atomic mass is 9.67. The summed E-state index contributed by atoms with van der Waals surface area (Å²) < 4.78 is 0. The van der Waals surface area contributed by atoms with Gasteiger partial charge in [0.1, 0.15) is 0 Å². The standard InChI is InChI=1S/C34H42/c1-3-5-7-25-34(26-8-6-9-27-34)33-23-17-30(18-24-33)12-11-29-15-21-32(22-16-29)31-19-13-28(10-4-2)14-20-31/h15-18,21-24,28,31H,4,6-10,13-14,19-20,25-27H2,1-2H3. The molecule has 0 heteroatoms. The summed E-state index contributed by atoms with van der Waals surface area (Å²) in [4.78, 5) is 0. The largest absolute Gasteiger partial charge is 0.107 e. The minimum Gasteiger partial charge on any atom is -0.107 e. The molecule has 4 rings (SSSR count). The fraction of sp³-hybridized carbons (Fsp3) is 0.529. The van der Waals surface area contributed by atoms with Gasteiger partial charge in [0.15, 0.2) is 0 Å². The molecule has 2 aliphatic rings. The van der Waals surface area contributed by atoms with Crippen molar-refractivity contribution >= 4 is 0 Å². The zero-order valence-corrected chi connectivity index (χ0v) is 21.5. The molecule has 178 valence electrons. The molecule has 0 nitrogen and oxygen atoms in total. The molecule has 0 saturated heterocycles. The molecule has 0 spiro atoms. The van der Waals surface area contributed by atoms with Gasteiger partial charge < -0.3 is 0 Å². The smallest absolute Gasteiger partial charge is 0.0249 e. The predicted molar refractivity (Wildman–Crippen MR) is 146 cm³/mol. The fourth-order valence-corrected chi connectivity index (χ4v) is 6.42. The van der Waals surface area contributed by atoms with Gasteiger partial charge in [-0.15, -0.1) is 11.8 Å². The summed E-state index contributed by atoms with van der Waals surface area (Å²) in [5, 5.41) is 0. The van der Waals surface area contributed by atoms with Crippen LogP contribution in [0.4, 0.5) is 0 Å². The summed E-state index contributed by atoms with van der Waals surface area (Å²) >= 11 is 0. The Morgan fingerprint density at radius 1 is 0.794 bits per heavy atom. The molecule has 2 fully saturated rings. The summed E-state index contributed by atoms with van der Waals surface area (Å²) in [7, 11) is 0. The van der Waals surface area contributed by atoms with Gasteiger partial charge in [-0.1, -0.05) is 75.1 Å². The van der Waals surface area contributed by atoms with Crippen LogP contribution in [0.25, 0.3) is 0 Å². The third-order valence-corrected chi connectivity index (χ3v) is 8.49. The van der Waals surface area contributed by atoms with Gasteiger partial charge in [-0.05, 0) is 105 Å². The first kappa shape index (κ1) is 24.7. The lowest BCUT2D eigenvalue weighted by Crippen LogP contribution is -2.28. The van der Waals surface area contributed by atoms with Gasteiger partial charge in [0.25, 0.3) is 0 Å². The molecule has 0 unspecified atom stereocenters. The second-order valence-corrected chi connectivity index (χ2v) is 10.7. The molecule has 34 heavy (non-hydrogen) atoms.